The lowest BCUT2D eigenvalue weighted by atomic mass is 9.92. The second-order valence-corrected chi connectivity index (χ2v) is 11.8. The smallest absolute Gasteiger partial charge is 0.359 e. The average Bonchev–Trinajstić information content (AvgIpc) is 3.23. The van der Waals surface area contributed by atoms with E-state index >= 15 is 0 Å². The van der Waals surface area contributed by atoms with Crippen molar-refractivity contribution in [1.29, 1.82) is 0 Å². The van der Waals surface area contributed by atoms with Crippen LogP contribution in [0.1, 0.15) is 40.0 Å². The molecule has 30 heavy (non-hydrogen) atoms. The maximum atomic E-state index is 12.8. The number of nitrogens with zero attached hydrogens (tertiary/aromatic N) is 1. The fourth-order valence-corrected chi connectivity index (χ4v) is 8.90. The molecule has 11 heteroatoms. The Hall–Kier alpha value is -0.880. The van der Waals surface area contributed by atoms with Crippen LogP contribution in [0.2, 0.25) is 0 Å². The Labute approximate surface area is 187 Å². The minimum Gasteiger partial charge on any atom is -0.616 e. The molecule has 0 radical (unpaired) electrons. The van der Waals surface area contributed by atoms with Gasteiger partial charge in [0.25, 0.3) is 0 Å². The van der Waals surface area contributed by atoms with Crippen molar-refractivity contribution in [2.24, 2.45) is 11.8 Å². The number of amides is 1. The molecule has 0 aromatic rings. The van der Waals surface area contributed by atoms with E-state index in [2.05, 4.69) is 0 Å². The number of rotatable bonds is 9. The summed E-state index contributed by atoms with van der Waals surface area (Å²) in [6.07, 6.45) is 1.22. The lowest BCUT2D eigenvalue weighted by molar-refractivity contribution is -0.172. The van der Waals surface area contributed by atoms with Gasteiger partial charge in [-0.25, -0.2) is 4.79 Å². The van der Waals surface area contributed by atoms with Gasteiger partial charge in [0.2, 0.25) is 12.7 Å². The van der Waals surface area contributed by atoms with Crippen molar-refractivity contribution >= 4 is 52.5 Å². The fourth-order valence-electron chi connectivity index (χ4n) is 3.65. The van der Waals surface area contributed by atoms with Gasteiger partial charge in [0.1, 0.15) is 16.9 Å². The first-order chi connectivity index (χ1) is 14.3. The van der Waals surface area contributed by atoms with Gasteiger partial charge in [-0.3, -0.25) is 14.5 Å². The Morgan fingerprint density at radius 2 is 2.07 bits per heavy atom. The maximum absolute atomic E-state index is 12.8. The number of carbonyl (C=O) groups is 3. The molecule has 2 fully saturated rings. The molecule has 0 saturated carbocycles. The summed E-state index contributed by atoms with van der Waals surface area (Å²) in [5, 5.41) is 9.66. The number of hydrogen-bond donors (Lipinski definition) is 1. The molecule has 3 aliphatic rings. The Morgan fingerprint density at radius 3 is 2.63 bits per heavy atom. The van der Waals surface area contributed by atoms with E-state index in [0.717, 1.165) is 6.42 Å². The van der Waals surface area contributed by atoms with E-state index in [0.29, 0.717) is 28.6 Å². The van der Waals surface area contributed by atoms with Crippen LogP contribution >= 0.6 is 23.5 Å². The number of hydrogen-bond acceptors (Lipinski definition) is 9. The summed E-state index contributed by atoms with van der Waals surface area (Å²) in [5.74, 6) is -1.13. The van der Waals surface area contributed by atoms with Crippen LogP contribution < -0.4 is 0 Å². The number of fused-ring (bicyclic) bond motifs is 1. The molecular formula is C19H27NO7S3. The van der Waals surface area contributed by atoms with E-state index in [1.807, 2.05) is 13.8 Å². The molecule has 3 rings (SSSR count). The number of aliphatic hydroxyl groups is 1. The van der Waals surface area contributed by atoms with Crippen molar-refractivity contribution in [2.45, 2.75) is 56.8 Å². The van der Waals surface area contributed by atoms with Crippen molar-refractivity contribution < 1.29 is 33.5 Å². The molecule has 168 valence electrons. The zero-order valence-electron chi connectivity index (χ0n) is 17.2. The average molecular weight is 478 g/mol. The van der Waals surface area contributed by atoms with Crippen LogP contribution in [0.25, 0.3) is 0 Å². The van der Waals surface area contributed by atoms with E-state index in [9.17, 15) is 24.0 Å². The van der Waals surface area contributed by atoms with Gasteiger partial charge in [-0.05, 0) is 19.8 Å². The first-order valence-corrected chi connectivity index (χ1v) is 13.3. The first-order valence-electron chi connectivity index (χ1n) is 10.1. The summed E-state index contributed by atoms with van der Waals surface area (Å²) in [4.78, 5) is 38.7. The van der Waals surface area contributed by atoms with E-state index in [1.54, 1.807) is 6.92 Å². The molecule has 1 unspecified atom stereocenters. The Balaban J connectivity index is 1.68. The molecule has 0 spiro atoms. The molecule has 0 bridgehead atoms. The number of esters is 2. The number of aliphatic hydroxyl groups excluding tert-OH is 1. The summed E-state index contributed by atoms with van der Waals surface area (Å²) in [7, 11) is 0. The quantitative estimate of drug-likeness (QED) is 0.230. The number of thioether (sulfide) groups is 2. The van der Waals surface area contributed by atoms with Crippen molar-refractivity contribution in [2.75, 3.05) is 18.3 Å². The third kappa shape index (κ3) is 4.79. The van der Waals surface area contributed by atoms with Crippen LogP contribution in [0.5, 0.6) is 0 Å². The van der Waals surface area contributed by atoms with Gasteiger partial charge >= 0.3 is 11.9 Å². The summed E-state index contributed by atoms with van der Waals surface area (Å²) in [6, 6.07) is 0. The van der Waals surface area contributed by atoms with Crippen LogP contribution in [-0.4, -0.2) is 67.4 Å². The highest BCUT2D eigenvalue weighted by molar-refractivity contribution is 8.23. The molecule has 1 amide bonds. The molecule has 1 N–H and O–H groups in total. The Kier molecular flexibility index (Phi) is 8.05. The number of carbonyl (C=O) groups excluding carboxylic acids is 3. The van der Waals surface area contributed by atoms with E-state index in [4.69, 9.17) is 9.47 Å². The zero-order chi connectivity index (χ0) is 22.0. The first kappa shape index (κ1) is 23.8. The summed E-state index contributed by atoms with van der Waals surface area (Å²) in [6.45, 7) is 4.81. The molecule has 0 aromatic heterocycles. The number of β-lactam (4-membered cyclic amide) rings is 1. The van der Waals surface area contributed by atoms with Crippen LogP contribution in [0.15, 0.2) is 9.93 Å². The highest BCUT2D eigenvalue weighted by Crippen LogP contribution is 2.55. The third-order valence-electron chi connectivity index (χ3n) is 5.48. The highest BCUT2D eigenvalue weighted by Gasteiger charge is 2.58. The van der Waals surface area contributed by atoms with Gasteiger partial charge in [-0.1, -0.05) is 36.8 Å². The molecule has 0 aromatic carbocycles. The summed E-state index contributed by atoms with van der Waals surface area (Å²) in [5.41, 5.74) is 0.133. The standard InChI is InChI=1S/C19H27NO7S3/c1-4-11(5-2)17(23)26-9-27-18(24)14-19(28-12-6-7-30(25)8-12)29-16-13(10(3)21)15(22)20(14)16/h10-13,16,21H,4-9H2,1-3H3/t10-,12+,13+,16-,30?/m1/s1. The van der Waals surface area contributed by atoms with Gasteiger partial charge in [0.05, 0.1) is 27.4 Å². The van der Waals surface area contributed by atoms with Crippen LogP contribution in [0.3, 0.4) is 0 Å². The van der Waals surface area contributed by atoms with E-state index < -0.39 is 41.9 Å². The van der Waals surface area contributed by atoms with Gasteiger partial charge < -0.3 is 19.1 Å². The normalized spacial score (nSPS) is 29.1. The van der Waals surface area contributed by atoms with Crippen molar-refractivity contribution in [1.82, 2.24) is 4.90 Å². The molecular weight excluding hydrogens is 450 g/mol. The number of ether oxygens (including phenoxy) is 2. The van der Waals surface area contributed by atoms with Gasteiger partial charge in [0, 0.05) is 6.42 Å². The summed E-state index contributed by atoms with van der Waals surface area (Å²) < 4.78 is 22.6. The lowest BCUT2D eigenvalue weighted by Crippen LogP contribution is -2.60. The van der Waals surface area contributed by atoms with Crippen LogP contribution in [-0.2, 0) is 35.0 Å². The minimum absolute atomic E-state index is 0.0997. The van der Waals surface area contributed by atoms with E-state index in [1.165, 1.54) is 28.4 Å². The lowest BCUT2D eigenvalue weighted by Gasteiger charge is -2.43. The third-order valence-corrected chi connectivity index (χ3v) is 10.0. The molecule has 5 atom stereocenters. The monoisotopic (exact) mass is 477 g/mol. The SMILES string of the molecule is CCC(CC)C(=O)OCOC(=O)C1=C(S[C@H]2CC[S+]([O-])C2)S[C@@H]2[C@@H]([C@@H](C)O)C(=O)N12. The van der Waals surface area contributed by atoms with Gasteiger partial charge in [0.15, 0.2) is 5.70 Å². The van der Waals surface area contributed by atoms with Crippen molar-refractivity contribution in [3.05, 3.63) is 9.93 Å². The van der Waals surface area contributed by atoms with Gasteiger partial charge in [-0.15, -0.1) is 11.8 Å². The Bertz CT molecular complexity index is 725. The molecule has 3 heterocycles. The maximum Gasteiger partial charge on any atom is 0.359 e. The highest BCUT2D eigenvalue weighted by atomic mass is 32.2. The predicted octanol–water partition coefficient (Wildman–Crippen LogP) is 1.80. The molecule has 8 nitrogen and oxygen atoms in total. The van der Waals surface area contributed by atoms with Crippen LogP contribution in [0, 0.1) is 11.8 Å². The van der Waals surface area contributed by atoms with Gasteiger partial charge in [-0.2, -0.15) is 0 Å². The topological polar surface area (TPSA) is 116 Å². The van der Waals surface area contributed by atoms with Crippen molar-refractivity contribution in [3.63, 3.8) is 0 Å². The molecule has 0 aliphatic carbocycles. The second-order valence-electron chi connectivity index (χ2n) is 7.48. The minimum atomic E-state index is -0.862. The fraction of sp³-hybridized carbons (Fsp3) is 0.737. The summed E-state index contributed by atoms with van der Waals surface area (Å²) >= 11 is 1.93. The second kappa shape index (κ2) is 10.2. The van der Waals surface area contributed by atoms with Crippen molar-refractivity contribution in [3.8, 4) is 0 Å². The van der Waals surface area contributed by atoms with Crippen LogP contribution in [0.4, 0.5) is 0 Å². The largest absolute Gasteiger partial charge is 0.616 e. The zero-order valence-corrected chi connectivity index (χ0v) is 19.6. The predicted molar refractivity (Wildman–Crippen MR) is 115 cm³/mol. The molecule has 3 aliphatic heterocycles. The molecule has 2 saturated heterocycles. The Morgan fingerprint density at radius 1 is 1.37 bits per heavy atom. The van der Waals surface area contributed by atoms with E-state index in [-0.39, 0.29) is 28.1 Å².